The van der Waals surface area contributed by atoms with Crippen molar-refractivity contribution in [3.05, 3.63) is 28.7 Å². The molecular weight excluding hydrogens is 382 g/mol. The van der Waals surface area contributed by atoms with Crippen molar-refractivity contribution in [1.82, 2.24) is 14.3 Å². The normalized spacial score (nSPS) is 17.8. The molecule has 1 saturated heterocycles. The van der Waals surface area contributed by atoms with Gasteiger partial charge in [0, 0.05) is 18.9 Å². The van der Waals surface area contributed by atoms with E-state index in [-0.39, 0.29) is 34.6 Å². The number of rotatable bonds is 6. The molecule has 1 atom stereocenters. The van der Waals surface area contributed by atoms with Gasteiger partial charge in [0.15, 0.2) is 0 Å². The molecule has 0 N–H and O–H groups in total. The van der Waals surface area contributed by atoms with E-state index in [0.29, 0.717) is 6.42 Å². The molecule has 26 heavy (non-hydrogen) atoms. The highest BCUT2D eigenvalue weighted by Gasteiger charge is 2.37. The summed E-state index contributed by atoms with van der Waals surface area (Å²) >= 11 is 1.03. The predicted molar refractivity (Wildman–Crippen MR) is 92.0 cm³/mol. The Kier molecular flexibility index (Phi) is 5.39. The number of aromatic nitrogens is 2. The van der Waals surface area contributed by atoms with Crippen LogP contribution in [0.15, 0.2) is 28.7 Å². The van der Waals surface area contributed by atoms with Gasteiger partial charge in [0.05, 0.1) is 20.8 Å². The number of hydrogen-bond donors (Lipinski definition) is 0. The maximum absolute atomic E-state index is 12.9. The maximum Gasteiger partial charge on any atom is 0.349 e. The van der Waals surface area contributed by atoms with Crippen molar-refractivity contribution >= 4 is 27.3 Å². The number of ether oxygens (including phenoxy) is 3. The molecule has 1 fully saturated rings. The van der Waals surface area contributed by atoms with E-state index in [1.807, 2.05) is 0 Å². The largest absolute Gasteiger partial charge is 0.477 e. The van der Waals surface area contributed by atoms with Crippen molar-refractivity contribution in [1.29, 1.82) is 0 Å². The summed E-state index contributed by atoms with van der Waals surface area (Å²) in [5.74, 6) is -0.223. The summed E-state index contributed by atoms with van der Waals surface area (Å²) in [4.78, 5) is 19.9. The number of hydrogen-bond acceptors (Lipinski definition) is 9. The molecule has 1 unspecified atom stereocenters. The molecule has 2 aromatic heterocycles. The van der Waals surface area contributed by atoms with Gasteiger partial charge in [-0.15, -0.1) is 11.3 Å². The zero-order chi connectivity index (χ0) is 18.7. The summed E-state index contributed by atoms with van der Waals surface area (Å²) in [5, 5.41) is 1.55. The minimum Gasteiger partial charge on any atom is -0.477 e. The van der Waals surface area contributed by atoms with Gasteiger partial charge < -0.3 is 14.2 Å². The number of carbonyl (C=O) groups excluding carboxylic acids is 1. The van der Waals surface area contributed by atoms with Crippen molar-refractivity contribution in [3.8, 4) is 11.8 Å². The molecule has 140 valence electrons. The van der Waals surface area contributed by atoms with E-state index >= 15 is 0 Å². The summed E-state index contributed by atoms with van der Waals surface area (Å²) in [6.07, 6.45) is 3.03. The summed E-state index contributed by atoms with van der Waals surface area (Å²) in [5.41, 5.74) is 0. The Labute approximate surface area is 154 Å². The number of carbonyl (C=O) groups is 1. The molecule has 1 aliphatic heterocycles. The van der Waals surface area contributed by atoms with Crippen LogP contribution in [-0.4, -0.2) is 62.1 Å². The predicted octanol–water partition coefficient (Wildman–Crippen LogP) is 1.18. The SMILES string of the molecule is COC(=O)c1sccc1S(=O)(=O)N1CCC(Oc2nccnc2OC)C1. The first kappa shape index (κ1) is 18.5. The monoisotopic (exact) mass is 399 g/mol. The average Bonchev–Trinajstić information content (AvgIpc) is 3.31. The first-order valence-corrected chi connectivity index (χ1v) is 9.97. The standard InChI is InChI=1S/C15H17N3O6S2/c1-22-13-14(17-6-5-16-13)24-10-3-7-18(9-10)26(20,21)11-4-8-25-12(11)15(19)23-2/h4-6,8,10H,3,7,9H2,1-2H3. The van der Waals surface area contributed by atoms with Crippen LogP contribution in [0.1, 0.15) is 16.1 Å². The molecule has 0 aliphatic carbocycles. The van der Waals surface area contributed by atoms with E-state index in [1.165, 1.54) is 37.0 Å². The van der Waals surface area contributed by atoms with Crippen LogP contribution in [0.4, 0.5) is 0 Å². The molecule has 0 saturated carbocycles. The first-order chi connectivity index (χ1) is 12.5. The fraction of sp³-hybridized carbons (Fsp3) is 0.400. The van der Waals surface area contributed by atoms with E-state index in [0.717, 1.165) is 11.3 Å². The molecule has 3 rings (SSSR count). The van der Waals surface area contributed by atoms with Crippen LogP contribution in [0.3, 0.4) is 0 Å². The van der Waals surface area contributed by atoms with E-state index in [9.17, 15) is 13.2 Å². The Balaban J connectivity index is 1.76. The number of thiophene rings is 1. The molecular formula is C15H17N3O6S2. The van der Waals surface area contributed by atoms with Crippen LogP contribution in [0.25, 0.3) is 0 Å². The lowest BCUT2D eigenvalue weighted by atomic mass is 10.3. The maximum atomic E-state index is 12.9. The highest BCUT2D eigenvalue weighted by atomic mass is 32.2. The van der Waals surface area contributed by atoms with Crippen molar-refractivity contribution in [2.24, 2.45) is 0 Å². The van der Waals surface area contributed by atoms with E-state index < -0.39 is 22.1 Å². The van der Waals surface area contributed by atoms with Gasteiger partial charge in [-0.2, -0.15) is 4.31 Å². The molecule has 0 spiro atoms. The fourth-order valence-electron chi connectivity index (χ4n) is 2.58. The molecule has 3 heterocycles. The van der Waals surface area contributed by atoms with Crippen LogP contribution in [0.2, 0.25) is 0 Å². The summed E-state index contributed by atoms with van der Waals surface area (Å²) in [6, 6.07) is 1.41. The zero-order valence-corrected chi connectivity index (χ0v) is 15.7. The second-order valence-corrected chi connectivity index (χ2v) is 8.19. The lowest BCUT2D eigenvalue weighted by molar-refractivity contribution is 0.0602. The Hall–Kier alpha value is -2.24. The Morgan fingerprint density at radius 1 is 1.27 bits per heavy atom. The molecule has 1 aliphatic rings. The Morgan fingerprint density at radius 3 is 2.69 bits per heavy atom. The van der Waals surface area contributed by atoms with Crippen molar-refractivity contribution in [2.75, 3.05) is 27.3 Å². The van der Waals surface area contributed by atoms with Crippen molar-refractivity contribution in [2.45, 2.75) is 17.4 Å². The second-order valence-electron chi connectivity index (χ2n) is 5.37. The summed E-state index contributed by atoms with van der Waals surface area (Å²) in [7, 11) is -1.16. The van der Waals surface area contributed by atoms with Crippen LogP contribution < -0.4 is 9.47 Å². The Bertz CT molecular complexity index is 898. The molecule has 11 heteroatoms. The highest BCUT2D eigenvalue weighted by Crippen LogP contribution is 2.30. The smallest absolute Gasteiger partial charge is 0.349 e. The van der Waals surface area contributed by atoms with Gasteiger partial charge in [-0.1, -0.05) is 0 Å². The van der Waals surface area contributed by atoms with E-state index in [2.05, 4.69) is 14.7 Å². The highest BCUT2D eigenvalue weighted by molar-refractivity contribution is 7.89. The van der Waals surface area contributed by atoms with Crippen LogP contribution in [0.5, 0.6) is 11.8 Å². The lowest BCUT2D eigenvalue weighted by Crippen LogP contribution is -2.31. The Morgan fingerprint density at radius 2 is 2.00 bits per heavy atom. The van der Waals surface area contributed by atoms with Gasteiger partial charge in [-0.3, -0.25) is 0 Å². The molecule has 0 bridgehead atoms. The number of methoxy groups -OCH3 is 2. The summed E-state index contributed by atoms with van der Waals surface area (Å²) < 4.78 is 42.5. The van der Waals surface area contributed by atoms with Gasteiger partial charge in [0.2, 0.25) is 10.0 Å². The van der Waals surface area contributed by atoms with Gasteiger partial charge in [-0.05, 0) is 17.9 Å². The molecule has 0 amide bonds. The third-order valence-electron chi connectivity index (χ3n) is 3.83. The van der Waals surface area contributed by atoms with Crippen LogP contribution in [-0.2, 0) is 14.8 Å². The minimum absolute atomic E-state index is 0.0490. The molecule has 9 nitrogen and oxygen atoms in total. The number of nitrogens with zero attached hydrogens (tertiary/aromatic N) is 3. The van der Waals surface area contributed by atoms with Gasteiger partial charge in [0.25, 0.3) is 11.8 Å². The number of sulfonamides is 1. The molecule has 0 radical (unpaired) electrons. The number of esters is 1. The summed E-state index contributed by atoms with van der Waals surface area (Å²) in [6.45, 7) is 0.407. The fourth-order valence-corrected chi connectivity index (χ4v) is 5.38. The van der Waals surface area contributed by atoms with Crippen LogP contribution >= 0.6 is 11.3 Å². The topological polar surface area (TPSA) is 108 Å². The third kappa shape index (κ3) is 3.50. The first-order valence-electron chi connectivity index (χ1n) is 7.65. The average molecular weight is 399 g/mol. The molecule has 0 aromatic carbocycles. The van der Waals surface area contributed by atoms with Crippen molar-refractivity contribution in [3.63, 3.8) is 0 Å². The van der Waals surface area contributed by atoms with Crippen LogP contribution in [0, 0.1) is 0 Å². The lowest BCUT2D eigenvalue weighted by Gasteiger charge is -2.17. The van der Waals surface area contributed by atoms with E-state index in [4.69, 9.17) is 9.47 Å². The third-order valence-corrected chi connectivity index (χ3v) is 6.76. The minimum atomic E-state index is -3.83. The second kappa shape index (κ2) is 7.56. The quantitative estimate of drug-likeness (QED) is 0.666. The van der Waals surface area contributed by atoms with Gasteiger partial charge >= 0.3 is 5.97 Å². The van der Waals surface area contributed by atoms with Gasteiger partial charge in [-0.25, -0.2) is 23.2 Å². The van der Waals surface area contributed by atoms with Gasteiger partial charge in [0.1, 0.15) is 15.9 Å². The molecule has 2 aromatic rings. The van der Waals surface area contributed by atoms with E-state index in [1.54, 1.807) is 5.38 Å². The van der Waals surface area contributed by atoms with Crippen molar-refractivity contribution < 1.29 is 27.4 Å². The zero-order valence-electron chi connectivity index (χ0n) is 14.1.